The zero-order chi connectivity index (χ0) is 26.2. The van der Waals surface area contributed by atoms with Crippen molar-refractivity contribution in [2.45, 2.75) is 45.7 Å². The van der Waals surface area contributed by atoms with Gasteiger partial charge in [0.05, 0.1) is 0 Å². The Morgan fingerprint density at radius 2 is 1.62 bits per heavy atom. The number of nitrogens with one attached hydrogen (secondary N) is 1. The van der Waals surface area contributed by atoms with Gasteiger partial charge in [-0.15, -0.1) is 0 Å². The van der Waals surface area contributed by atoms with E-state index < -0.39 is 6.04 Å². The lowest BCUT2D eigenvalue weighted by Crippen LogP contribution is -2.51. The van der Waals surface area contributed by atoms with Crippen LogP contribution < -0.4 is 14.8 Å². The summed E-state index contributed by atoms with van der Waals surface area (Å²) in [5.74, 6) is 1.46. The first kappa shape index (κ1) is 26.6. The highest BCUT2D eigenvalue weighted by Crippen LogP contribution is 2.33. The largest absolute Gasteiger partial charge is 0.454 e. The number of fused-ring (bicyclic) bond motifs is 1. The molecular formula is C30H33ClN2O4. The van der Waals surface area contributed by atoms with Crippen LogP contribution in [-0.2, 0) is 29.0 Å². The summed E-state index contributed by atoms with van der Waals surface area (Å²) in [4.78, 5) is 29.0. The Morgan fingerprint density at radius 3 is 2.35 bits per heavy atom. The van der Waals surface area contributed by atoms with E-state index in [2.05, 4.69) is 19.2 Å². The minimum absolute atomic E-state index is 0.0896. The Hall–Kier alpha value is -3.51. The molecule has 1 atom stereocenters. The Morgan fingerprint density at radius 1 is 0.919 bits per heavy atom. The number of hydrogen-bond acceptors (Lipinski definition) is 4. The van der Waals surface area contributed by atoms with Crippen LogP contribution in [0.15, 0.2) is 72.8 Å². The van der Waals surface area contributed by atoms with Crippen molar-refractivity contribution in [1.29, 1.82) is 0 Å². The van der Waals surface area contributed by atoms with Crippen LogP contribution in [0.2, 0.25) is 5.02 Å². The van der Waals surface area contributed by atoms with Gasteiger partial charge >= 0.3 is 0 Å². The second-order valence-electron chi connectivity index (χ2n) is 9.68. The van der Waals surface area contributed by atoms with E-state index in [1.165, 1.54) is 0 Å². The molecule has 6 nitrogen and oxygen atoms in total. The Kier molecular flexibility index (Phi) is 9.07. The fourth-order valence-electron chi connectivity index (χ4n) is 4.25. The third kappa shape index (κ3) is 7.49. The predicted molar refractivity (Wildman–Crippen MR) is 145 cm³/mol. The molecule has 3 aromatic carbocycles. The van der Waals surface area contributed by atoms with E-state index in [4.69, 9.17) is 21.1 Å². The maximum atomic E-state index is 13.8. The second kappa shape index (κ2) is 12.6. The van der Waals surface area contributed by atoms with Gasteiger partial charge in [-0.25, -0.2) is 0 Å². The van der Waals surface area contributed by atoms with Gasteiger partial charge in [-0.1, -0.05) is 74.0 Å². The first-order chi connectivity index (χ1) is 17.9. The molecule has 1 aliphatic heterocycles. The monoisotopic (exact) mass is 520 g/mol. The molecule has 0 saturated carbocycles. The van der Waals surface area contributed by atoms with Crippen molar-refractivity contribution in [1.82, 2.24) is 10.2 Å². The molecule has 0 spiro atoms. The number of rotatable bonds is 11. The molecule has 0 aromatic heterocycles. The van der Waals surface area contributed by atoms with Gasteiger partial charge in [-0.05, 0) is 53.3 Å². The van der Waals surface area contributed by atoms with Gasteiger partial charge in [-0.3, -0.25) is 9.59 Å². The molecule has 2 amide bonds. The van der Waals surface area contributed by atoms with Gasteiger partial charge in [0, 0.05) is 31.0 Å². The average Bonchev–Trinajstić information content (AvgIpc) is 3.37. The maximum absolute atomic E-state index is 13.8. The molecule has 0 bridgehead atoms. The van der Waals surface area contributed by atoms with Gasteiger partial charge in [-0.2, -0.15) is 0 Å². The van der Waals surface area contributed by atoms with Gasteiger partial charge in [0.25, 0.3) is 0 Å². The van der Waals surface area contributed by atoms with Crippen LogP contribution in [0.5, 0.6) is 11.5 Å². The van der Waals surface area contributed by atoms with E-state index in [9.17, 15) is 9.59 Å². The SMILES string of the molecule is CC(C)CNC(=O)[C@H](Cc1ccccc1)N(Cc1ccc(Cl)cc1)C(=O)CCc1ccc2c(c1)OCO2. The molecule has 0 saturated heterocycles. The quantitative estimate of drug-likeness (QED) is 0.367. The first-order valence-corrected chi connectivity index (χ1v) is 13.0. The van der Waals surface area contributed by atoms with E-state index >= 15 is 0 Å². The molecule has 194 valence electrons. The maximum Gasteiger partial charge on any atom is 0.243 e. The van der Waals surface area contributed by atoms with Crippen LogP contribution in [0.25, 0.3) is 0 Å². The molecule has 0 radical (unpaired) electrons. The number of hydrogen-bond donors (Lipinski definition) is 1. The summed E-state index contributed by atoms with van der Waals surface area (Å²) in [5.41, 5.74) is 2.89. The van der Waals surface area contributed by atoms with Gasteiger partial charge in [0.1, 0.15) is 6.04 Å². The fraction of sp³-hybridized carbons (Fsp3) is 0.333. The molecule has 0 fully saturated rings. The summed E-state index contributed by atoms with van der Waals surface area (Å²) < 4.78 is 10.9. The highest BCUT2D eigenvalue weighted by molar-refractivity contribution is 6.30. The average molecular weight is 521 g/mol. The first-order valence-electron chi connectivity index (χ1n) is 12.6. The number of amides is 2. The number of halogens is 1. The molecule has 1 aliphatic rings. The molecule has 37 heavy (non-hydrogen) atoms. The van der Waals surface area contributed by atoms with Gasteiger partial charge in [0.15, 0.2) is 11.5 Å². The van der Waals surface area contributed by atoms with E-state index in [0.29, 0.717) is 48.4 Å². The summed E-state index contributed by atoms with van der Waals surface area (Å²) in [6.07, 6.45) is 1.21. The number of benzene rings is 3. The number of carbonyl (C=O) groups is 2. The zero-order valence-electron chi connectivity index (χ0n) is 21.3. The van der Waals surface area contributed by atoms with E-state index in [1.54, 1.807) is 17.0 Å². The van der Waals surface area contributed by atoms with E-state index in [1.807, 2.05) is 60.7 Å². The Labute approximate surface area is 223 Å². The minimum atomic E-state index is -0.652. The van der Waals surface area contributed by atoms with Crippen LogP contribution in [0.1, 0.15) is 37.0 Å². The van der Waals surface area contributed by atoms with Crippen molar-refractivity contribution in [3.8, 4) is 11.5 Å². The Balaban J connectivity index is 1.58. The van der Waals surface area contributed by atoms with Crippen molar-refractivity contribution in [2.24, 2.45) is 5.92 Å². The van der Waals surface area contributed by atoms with Crippen LogP contribution in [0.3, 0.4) is 0 Å². The molecule has 3 aromatic rings. The van der Waals surface area contributed by atoms with Crippen molar-refractivity contribution >= 4 is 23.4 Å². The fourth-order valence-corrected chi connectivity index (χ4v) is 4.38. The summed E-state index contributed by atoms with van der Waals surface area (Å²) in [7, 11) is 0. The molecular weight excluding hydrogens is 488 g/mol. The van der Waals surface area contributed by atoms with Crippen molar-refractivity contribution < 1.29 is 19.1 Å². The lowest BCUT2D eigenvalue weighted by atomic mass is 10.0. The smallest absolute Gasteiger partial charge is 0.243 e. The van der Waals surface area contributed by atoms with E-state index in [-0.39, 0.29) is 25.0 Å². The van der Waals surface area contributed by atoms with Crippen LogP contribution in [-0.4, -0.2) is 36.1 Å². The molecule has 4 rings (SSSR count). The number of carbonyl (C=O) groups excluding carboxylic acids is 2. The topological polar surface area (TPSA) is 67.9 Å². The third-order valence-corrected chi connectivity index (χ3v) is 6.54. The van der Waals surface area contributed by atoms with Crippen molar-refractivity contribution in [3.05, 3.63) is 94.5 Å². The highest BCUT2D eigenvalue weighted by atomic mass is 35.5. The van der Waals surface area contributed by atoms with Crippen LogP contribution >= 0.6 is 11.6 Å². The predicted octanol–water partition coefficient (Wildman–Crippen LogP) is 5.41. The molecule has 7 heteroatoms. The number of nitrogens with zero attached hydrogens (tertiary/aromatic N) is 1. The normalized spacial score (nSPS) is 12.9. The van der Waals surface area contributed by atoms with Gasteiger partial charge in [0.2, 0.25) is 18.6 Å². The lowest BCUT2D eigenvalue weighted by Gasteiger charge is -2.32. The van der Waals surface area contributed by atoms with E-state index in [0.717, 1.165) is 16.7 Å². The lowest BCUT2D eigenvalue weighted by molar-refractivity contribution is -0.141. The Bertz CT molecular complexity index is 1200. The standard InChI is InChI=1S/C30H33ClN2O4/c1-21(2)18-32-30(35)26(16-22-6-4-3-5-7-22)33(19-24-8-12-25(31)13-9-24)29(34)15-11-23-10-14-27-28(17-23)37-20-36-27/h3-10,12-14,17,21,26H,11,15-16,18-20H2,1-2H3,(H,32,35)/t26-/m0/s1. The zero-order valence-corrected chi connectivity index (χ0v) is 22.0. The molecule has 0 aliphatic carbocycles. The summed E-state index contributed by atoms with van der Waals surface area (Å²) in [6.45, 7) is 5.16. The number of aryl methyl sites for hydroxylation is 1. The third-order valence-electron chi connectivity index (χ3n) is 6.29. The molecule has 0 unspecified atom stereocenters. The summed E-state index contributed by atoms with van der Waals surface area (Å²) in [5, 5.41) is 3.68. The second-order valence-corrected chi connectivity index (χ2v) is 10.1. The molecule has 1 heterocycles. The summed E-state index contributed by atoms with van der Waals surface area (Å²) in [6, 6.07) is 22.3. The van der Waals surface area contributed by atoms with Gasteiger partial charge < -0.3 is 19.7 Å². The van der Waals surface area contributed by atoms with Crippen LogP contribution in [0, 0.1) is 5.92 Å². The van der Waals surface area contributed by atoms with Crippen LogP contribution in [0.4, 0.5) is 0 Å². The minimum Gasteiger partial charge on any atom is -0.454 e. The highest BCUT2D eigenvalue weighted by Gasteiger charge is 2.30. The van der Waals surface area contributed by atoms with Crippen molar-refractivity contribution in [3.63, 3.8) is 0 Å². The summed E-state index contributed by atoms with van der Waals surface area (Å²) >= 11 is 6.10. The molecule has 1 N–H and O–H groups in total. The van der Waals surface area contributed by atoms with Crippen molar-refractivity contribution in [2.75, 3.05) is 13.3 Å². The number of ether oxygens (including phenoxy) is 2.